The van der Waals surface area contributed by atoms with Gasteiger partial charge in [0.1, 0.15) is 0 Å². The van der Waals surface area contributed by atoms with Gasteiger partial charge in [0.25, 0.3) is 5.91 Å². The summed E-state index contributed by atoms with van der Waals surface area (Å²) in [5, 5.41) is 2.91. The van der Waals surface area contributed by atoms with Crippen molar-refractivity contribution in [1.82, 2.24) is 0 Å². The second-order valence-electron chi connectivity index (χ2n) is 5.20. The van der Waals surface area contributed by atoms with Gasteiger partial charge in [0.05, 0.1) is 0 Å². The average Bonchev–Trinajstić information content (AvgIpc) is 2.76. The van der Waals surface area contributed by atoms with Crippen LogP contribution in [0.15, 0.2) is 46.9 Å². The van der Waals surface area contributed by atoms with Gasteiger partial charge in [0, 0.05) is 21.3 Å². The zero-order chi connectivity index (χ0) is 14.8. The van der Waals surface area contributed by atoms with E-state index in [9.17, 15) is 4.79 Å². The predicted molar refractivity (Wildman–Crippen MR) is 91.1 cm³/mol. The van der Waals surface area contributed by atoms with Gasteiger partial charge in [-0.05, 0) is 41.8 Å². The summed E-state index contributed by atoms with van der Waals surface area (Å²) in [5.41, 5.74) is 4.92. The van der Waals surface area contributed by atoms with E-state index in [0.717, 1.165) is 39.7 Å². The number of aryl methyl sites for hydroxylation is 1. The van der Waals surface area contributed by atoms with Crippen molar-refractivity contribution in [3.8, 4) is 0 Å². The Labute approximate surface area is 133 Å². The molecule has 3 heteroatoms. The molecule has 0 bridgehead atoms. The van der Waals surface area contributed by atoms with Gasteiger partial charge >= 0.3 is 0 Å². The zero-order valence-electron chi connectivity index (χ0n) is 11.8. The number of halogens is 1. The number of hydrogen-bond donors (Lipinski definition) is 1. The molecule has 0 spiro atoms. The fraction of sp³-hybridized carbons (Fsp3) is 0.167. The average molecular weight is 342 g/mol. The van der Waals surface area contributed by atoms with Crippen LogP contribution in [0.1, 0.15) is 30.0 Å². The summed E-state index contributed by atoms with van der Waals surface area (Å²) < 4.78 is 0.975. The van der Waals surface area contributed by atoms with Crippen LogP contribution in [0.5, 0.6) is 0 Å². The molecular formula is C18H16BrNO. The number of hydrogen-bond acceptors (Lipinski definition) is 1. The van der Waals surface area contributed by atoms with Gasteiger partial charge in [0.2, 0.25) is 0 Å². The first kappa shape index (κ1) is 14.1. The van der Waals surface area contributed by atoms with E-state index in [1.54, 1.807) is 0 Å². The van der Waals surface area contributed by atoms with Gasteiger partial charge in [-0.25, -0.2) is 0 Å². The van der Waals surface area contributed by atoms with E-state index in [2.05, 4.69) is 40.3 Å². The van der Waals surface area contributed by atoms with Gasteiger partial charge in [0.15, 0.2) is 0 Å². The highest BCUT2D eigenvalue weighted by Crippen LogP contribution is 2.35. The van der Waals surface area contributed by atoms with Crippen LogP contribution < -0.4 is 5.32 Å². The Balaban J connectivity index is 2.02. The third kappa shape index (κ3) is 2.93. The van der Waals surface area contributed by atoms with E-state index in [1.165, 1.54) is 5.56 Å². The van der Waals surface area contributed by atoms with Crippen LogP contribution in [0.25, 0.3) is 11.6 Å². The lowest BCUT2D eigenvalue weighted by Gasteiger charge is -2.02. The molecule has 0 fully saturated rings. The minimum Gasteiger partial charge on any atom is -0.321 e. The summed E-state index contributed by atoms with van der Waals surface area (Å²) in [6.07, 6.45) is 4.15. The molecule has 2 nitrogen and oxygen atoms in total. The van der Waals surface area contributed by atoms with Crippen molar-refractivity contribution in [3.63, 3.8) is 0 Å². The molecule has 1 aliphatic heterocycles. The van der Waals surface area contributed by atoms with Gasteiger partial charge in [-0.3, -0.25) is 4.79 Å². The quantitative estimate of drug-likeness (QED) is 0.790. The Morgan fingerprint density at radius 3 is 2.86 bits per heavy atom. The number of amides is 1. The molecule has 0 saturated carbocycles. The van der Waals surface area contributed by atoms with E-state index >= 15 is 0 Å². The van der Waals surface area contributed by atoms with Crippen molar-refractivity contribution in [1.29, 1.82) is 0 Å². The van der Waals surface area contributed by atoms with E-state index < -0.39 is 0 Å². The fourth-order valence-corrected chi connectivity index (χ4v) is 2.96. The minimum absolute atomic E-state index is 0.0380. The highest BCUT2D eigenvalue weighted by molar-refractivity contribution is 9.10. The third-order valence-electron chi connectivity index (χ3n) is 3.57. The van der Waals surface area contributed by atoms with E-state index in [0.29, 0.717) is 0 Å². The lowest BCUT2D eigenvalue weighted by molar-refractivity contribution is -0.110. The summed E-state index contributed by atoms with van der Waals surface area (Å²) in [6, 6.07) is 14.2. The molecule has 0 unspecified atom stereocenters. The maximum absolute atomic E-state index is 12.2. The predicted octanol–water partition coefficient (Wildman–Crippen LogP) is 4.89. The molecular weight excluding hydrogens is 326 g/mol. The second kappa shape index (κ2) is 5.86. The number of carbonyl (C=O) groups is 1. The Morgan fingerprint density at radius 2 is 2.05 bits per heavy atom. The summed E-state index contributed by atoms with van der Waals surface area (Å²) >= 11 is 3.46. The summed E-state index contributed by atoms with van der Waals surface area (Å²) in [5.74, 6) is -0.0380. The lowest BCUT2D eigenvalue weighted by atomic mass is 10.0. The van der Waals surface area contributed by atoms with Gasteiger partial charge in [-0.15, -0.1) is 0 Å². The Kier molecular flexibility index (Phi) is 3.93. The molecule has 2 aromatic carbocycles. The van der Waals surface area contributed by atoms with E-state index in [4.69, 9.17) is 0 Å². The first-order valence-electron chi connectivity index (χ1n) is 7.09. The monoisotopic (exact) mass is 341 g/mol. The fourth-order valence-electron chi connectivity index (χ4n) is 2.60. The van der Waals surface area contributed by atoms with Crippen LogP contribution in [0.3, 0.4) is 0 Å². The SMILES string of the molecule is CCCc1cccc(/C=C2\C(=O)Nc3ccc(Br)cc32)c1. The number of benzene rings is 2. The van der Waals surface area contributed by atoms with Crippen molar-refractivity contribution in [2.75, 3.05) is 5.32 Å². The molecule has 1 heterocycles. The third-order valence-corrected chi connectivity index (χ3v) is 4.06. The van der Waals surface area contributed by atoms with E-state index in [-0.39, 0.29) is 5.91 Å². The van der Waals surface area contributed by atoms with Crippen LogP contribution in [0.4, 0.5) is 5.69 Å². The smallest absolute Gasteiger partial charge is 0.256 e. The maximum atomic E-state index is 12.2. The highest BCUT2D eigenvalue weighted by Gasteiger charge is 2.23. The standard InChI is InChI=1S/C18H16BrNO/c1-2-4-12-5-3-6-13(9-12)10-16-15-11-14(19)7-8-17(15)20-18(16)21/h3,5-11H,2,4H2,1H3,(H,20,21)/b16-10-. The zero-order valence-corrected chi connectivity index (χ0v) is 13.4. The second-order valence-corrected chi connectivity index (χ2v) is 6.11. The molecule has 0 atom stereocenters. The van der Waals surface area contributed by atoms with Crippen LogP contribution in [-0.2, 0) is 11.2 Å². The van der Waals surface area contributed by atoms with Gasteiger partial charge < -0.3 is 5.32 Å². The van der Waals surface area contributed by atoms with Crippen LogP contribution in [-0.4, -0.2) is 5.91 Å². The molecule has 0 saturated heterocycles. The minimum atomic E-state index is -0.0380. The van der Waals surface area contributed by atoms with Crippen molar-refractivity contribution in [2.24, 2.45) is 0 Å². The largest absolute Gasteiger partial charge is 0.321 e. The topological polar surface area (TPSA) is 29.1 Å². The number of fused-ring (bicyclic) bond motifs is 1. The van der Waals surface area contributed by atoms with Crippen molar-refractivity contribution >= 4 is 39.2 Å². The first-order valence-corrected chi connectivity index (χ1v) is 7.88. The normalized spacial score (nSPS) is 15.1. The molecule has 2 aromatic rings. The molecule has 0 radical (unpaired) electrons. The van der Waals surface area contributed by atoms with Gasteiger partial charge in [-0.2, -0.15) is 0 Å². The van der Waals surface area contributed by atoms with Crippen molar-refractivity contribution in [2.45, 2.75) is 19.8 Å². The maximum Gasteiger partial charge on any atom is 0.256 e. The molecule has 1 amide bonds. The number of anilines is 1. The first-order chi connectivity index (χ1) is 10.2. The number of carbonyl (C=O) groups excluding carboxylic acids is 1. The van der Waals surface area contributed by atoms with Crippen LogP contribution >= 0.6 is 15.9 Å². The molecule has 106 valence electrons. The molecule has 1 aliphatic rings. The molecule has 1 N–H and O–H groups in total. The van der Waals surface area contributed by atoms with Crippen molar-refractivity contribution in [3.05, 3.63) is 63.6 Å². The molecule has 0 aromatic heterocycles. The van der Waals surface area contributed by atoms with Crippen molar-refractivity contribution < 1.29 is 4.79 Å². The summed E-state index contributed by atoms with van der Waals surface area (Å²) in [6.45, 7) is 2.17. The Morgan fingerprint density at radius 1 is 1.19 bits per heavy atom. The lowest BCUT2D eigenvalue weighted by Crippen LogP contribution is -2.03. The van der Waals surface area contributed by atoms with Crippen LogP contribution in [0.2, 0.25) is 0 Å². The number of rotatable bonds is 3. The highest BCUT2D eigenvalue weighted by atomic mass is 79.9. The van der Waals surface area contributed by atoms with Gasteiger partial charge in [-0.1, -0.05) is 53.5 Å². The van der Waals surface area contributed by atoms with E-state index in [1.807, 2.05) is 36.4 Å². The molecule has 3 rings (SSSR count). The molecule has 21 heavy (non-hydrogen) atoms. The summed E-state index contributed by atoms with van der Waals surface area (Å²) in [4.78, 5) is 12.2. The van der Waals surface area contributed by atoms with Crippen LogP contribution in [0, 0.1) is 0 Å². The Bertz CT molecular complexity index is 734. The summed E-state index contributed by atoms with van der Waals surface area (Å²) in [7, 11) is 0. The molecule has 0 aliphatic carbocycles. The number of nitrogens with one attached hydrogen (secondary N) is 1. The Hall–Kier alpha value is -1.87.